The first-order valence-corrected chi connectivity index (χ1v) is 10.3. The Bertz CT molecular complexity index is 1020. The molecule has 2 heterocycles. The molecule has 0 saturated carbocycles. The summed E-state index contributed by atoms with van der Waals surface area (Å²) in [6.07, 6.45) is 5.78. The highest BCUT2D eigenvalue weighted by molar-refractivity contribution is 7.18. The Morgan fingerprint density at radius 2 is 2.04 bits per heavy atom. The van der Waals surface area contributed by atoms with Crippen LogP contribution in [0.15, 0.2) is 41.5 Å². The molecule has 0 fully saturated rings. The summed E-state index contributed by atoms with van der Waals surface area (Å²) in [5.41, 5.74) is 2.25. The van der Waals surface area contributed by atoms with E-state index in [-0.39, 0.29) is 23.9 Å². The number of rotatable bonds is 5. The maximum atomic E-state index is 12.9. The van der Waals surface area contributed by atoms with Crippen LogP contribution in [-0.2, 0) is 24.2 Å². The minimum absolute atomic E-state index is 0.00784. The van der Waals surface area contributed by atoms with Gasteiger partial charge in [-0.25, -0.2) is 4.98 Å². The fourth-order valence-electron chi connectivity index (χ4n) is 3.67. The van der Waals surface area contributed by atoms with Crippen LogP contribution in [0.3, 0.4) is 0 Å². The molecule has 0 spiro atoms. The van der Waals surface area contributed by atoms with E-state index in [1.165, 1.54) is 27.8 Å². The zero-order chi connectivity index (χ0) is 18.8. The molecule has 1 atom stereocenters. The number of hydrogen-bond acceptors (Lipinski definition) is 4. The van der Waals surface area contributed by atoms with Crippen LogP contribution in [0, 0.1) is 0 Å². The molecular weight excluding hydrogens is 358 g/mol. The highest BCUT2D eigenvalue weighted by atomic mass is 32.1. The molecule has 0 saturated heterocycles. The molecule has 0 unspecified atom stereocenters. The summed E-state index contributed by atoms with van der Waals surface area (Å²) in [5.74, 6) is 0.0569. The Kier molecular flexibility index (Phi) is 5.07. The fourth-order valence-corrected chi connectivity index (χ4v) is 4.89. The number of amides is 1. The Hall–Kier alpha value is -2.47. The first-order chi connectivity index (χ1) is 13.1. The van der Waals surface area contributed by atoms with Crippen molar-refractivity contribution in [2.45, 2.75) is 45.1 Å². The number of aromatic nitrogens is 2. The van der Waals surface area contributed by atoms with Crippen LogP contribution in [0.5, 0.6) is 0 Å². The lowest BCUT2D eigenvalue weighted by molar-refractivity contribution is -0.121. The van der Waals surface area contributed by atoms with Crippen LogP contribution in [0.1, 0.15) is 41.7 Å². The van der Waals surface area contributed by atoms with Gasteiger partial charge < -0.3 is 5.32 Å². The minimum atomic E-state index is -0.162. The number of hydrogen-bond donors (Lipinski definition) is 1. The van der Waals surface area contributed by atoms with Crippen LogP contribution < -0.4 is 10.9 Å². The van der Waals surface area contributed by atoms with Crippen molar-refractivity contribution in [3.05, 3.63) is 63.0 Å². The third-order valence-electron chi connectivity index (χ3n) is 5.23. The maximum Gasteiger partial charge on any atom is 0.262 e. The highest BCUT2D eigenvalue weighted by Gasteiger charge is 2.20. The number of aryl methyl sites for hydroxylation is 2. The molecule has 1 amide bonds. The lowest BCUT2D eigenvalue weighted by Crippen LogP contribution is -2.34. The zero-order valence-corrected chi connectivity index (χ0v) is 16.2. The van der Waals surface area contributed by atoms with Gasteiger partial charge in [0.2, 0.25) is 5.91 Å². The maximum absolute atomic E-state index is 12.9. The standard InChI is InChI=1S/C21H23N3O2S/c1-14(15-7-3-2-4-8-15)11-22-18(25)12-24-13-23-20-19(21(24)26)16-9-5-6-10-17(16)27-20/h2-4,7-8,13-14H,5-6,9-12H2,1H3,(H,22,25)/t14-/m0/s1. The SMILES string of the molecule is C[C@@H](CNC(=O)Cn1cnc2sc3c(c2c1=O)CCCC3)c1ccccc1. The predicted molar refractivity (Wildman–Crippen MR) is 108 cm³/mol. The van der Waals surface area contributed by atoms with Gasteiger partial charge in [0.15, 0.2) is 0 Å². The van der Waals surface area contributed by atoms with Gasteiger partial charge in [0, 0.05) is 11.4 Å². The van der Waals surface area contributed by atoms with Crippen LogP contribution in [0.2, 0.25) is 0 Å². The van der Waals surface area contributed by atoms with Gasteiger partial charge in [-0.1, -0.05) is 37.3 Å². The van der Waals surface area contributed by atoms with E-state index in [1.54, 1.807) is 11.3 Å². The van der Waals surface area contributed by atoms with E-state index in [9.17, 15) is 9.59 Å². The van der Waals surface area contributed by atoms with E-state index in [1.807, 2.05) is 18.2 Å². The first-order valence-electron chi connectivity index (χ1n) is 9.45. The molecule has 27 heavy (non-hydrogen) atoms. The topological polar surface area (TPSA) is 64.0 Å². The van der Waals surface area contributed by atoms with Crippen molar-refractivity contribution in [2.75, 3.05) is 6.54 Å². The summed E-state index contributed by atoms with van der Waals surface area (Å²) in [6, 6.07) is 10.1. The average molecular weight is 382 g/mol. The molecule has 6 heteroatoms. The first kappa shape index (κ1) is 17.9. The van der Waals surface area contributed by atoms with Gasteiger partial charge in [-0.15, -0.1) is 11.3 Å². The number of carbonyl (C=O) groups excluding carboxylic acids is 1. The number of carbonyl (C=O) groups is 1. The van der Waals surface area contributed by atoms with Gasteiger partial charge in [0.25, 0.3) is 5.56 Å². The summed E-state index contributed by atoms with van der Waals surface area (Å²) < 4.78 is 1.44. The second-order valence-corrected chi connectivity index (χ2v) is 8.27. The summed E-state index contributed by atoms with van der Waals surface area (Å²) >= 11 is 1.63. The predicted octanol–water partition coefficient (Wildman–Crippen LogP) is 3.26. The third-order valence-corrected chi connectivity index (χ3v) is 6.43. The zero-order valence-electron chi connectivity index (χ0n) is 15.4. The lowest BCUT2D eigenvalue weighted by atomic mass is 9.97. The van der Waals surface area contributed by atoms with Gasteiger partial charge in [-0.05, 0) is 42.7 Å². The van der Waals surface area contributed by atoms with Crippen molar-refractivity contribution in [3.8, 4) is 0 Å². The molecule has 0 radical (unpaired) electrons. The van der Waals surface area contributed by atoms with Gasteiger partial charge in [-0.3, -0.25) is 14.2 Å². The van der Waals surface area contributed by atoms with E-state index >= 15 is 0 Å². The molecular formula is C21H23N3O2S. The second-order valence-electron chi connectivity index (χ2n) is 7.18. The quantitative estimate of drug-likeness (QED) is 0.738. The van der Waals surface area contributed by atoms with Gasteiger partial charge >= 0.3 is 0 Å². The smallest absolute Gasteiger partial charge is 0.262 e. The van der Waals surface area contributed by atoms with Crippen molar-refractivity contribution in [1.29, 1.82) is 0 Å². The molecule has 1 aliphatic rings. The van der Waals surface area contributed by atoms with Crippen LogP contribution in [-0.4, -0.2) is 22.0 Å². The van der Waals surface area contributed by atoms with Crippen LogP contribution >= 0.6 is 11.3 Å². The monoisotopic (exact) mass is 381 g/mol. The summed E-state index contributed by atoms with van der Waals surface area (Å²) in [5, 5.41) is 3.66. The molecule has 5 nitrogen and oxygen atoms in total. The van der Waals surface area contributed by atoms with Crippen LogP contribution in [0.4, 0.5) is 0 Å². The lowest BCUT2D eigenvalue weighted by Gasteiger charge is -2.13. The summed E-state index contributed by atoms with van der Waals surface area (Å²) in [4.78, 5) is 31.8. The van der Waals surface area contributed by atoms with Gasteiger partial charge in [0.05, 0.1) is 11.7 Å². The molecule has 0 bridgehead atoms. The molecule has 0 aliphatic heterocycles. The molecule has 1 aliphatic carbocycles. The third kappa shape index (κ3) is 3.67. The van der Waals surface area contributed by atoms with Crippen molar-refractivity contribution >= 4 is 27.5 Å². The van der Waals surface area contributed by atoms with E-state index in [4.69, 9.17) is 0 Å². The normalized spacial score (nSPS) is 14.7. The van der Waals surface area contributed by atoms with Crippen molar-refractivity contribution in [3.63, 3.8) is 0 Å². The molecule has 1 N–H and O–H groups in total. The second kappa shape index (κ2) is 7.64. The van der Waals surface area contributed by atoms with Gasteiger partial charge in [0.1, 0.15) is 11.4 Å². The number of thiophene rings is 1. The number of benzene rings is 1. The van der Waals surface area contributed by atoms with Crippen molar-refractivity contribution < 1.29 is 4.79 Å². The summed E-state index contributed by atoms with van der Waals surface area (Å²) in [6.45, 7) is 2.63. The molecule has 1 aromatic carbocycles. The Labute approximate surface area is 162 Å². The molecule has 4 rings (SSSR count). The average Bonchev–Trinajstić information content (AvgIpc) is 3.08. The van der Waals surface area contributed by atoms with Crippen LogP contribution in [0.25, 0.3) is 10.2 Å². The van der Waals surface area contributed by atoms with E-state index in [0.717, 1.165) is 35.0 Å². The Morgan fingerprint density at radius 1 is 1.26 bits per heavy atom. The van der Waals surface area contributed by atoms with Gasteiger partial charge in [-0.2, -0.15) is 0 Å². The number of nitrogens with one attached hydrogen (secondary N) is 1. The van der Waals surface area contributed by atoms with E-state index in [0.29, 0.717) is 6.54 Å². The van der Waals surface area contributed by atoms with E-state index < -0.39 is 0 Å². The van der Waals surface area contributed by atoms with Crippen molar-refractivity contribution in [2.24, 2.45) is 0 Å². The Balaban J connectivity index is 1.47. The summed E-state index contributed by atoms with van der Waals surface area (Å²) in [7, 11) is 0. The largest absolute Gasteiger partial charge is 0.354 e. The Morgan fingerprint density at radius 3 is 2.85 bits per heavy atom. The number of nitrogens with zero attached hydrogens (tertiary/aromatic N) is 2. The van der Waals surface area contributed by atoms with Crippen molar-refractivity contribution in [1.82, 2.24) is 14.9 Å². The fraction of sp³-hybridized carbons (Fsp3) is 0.381. The molecule has 2 aromatic heterocycles. The minimum Gasteiger partial charge on any atom is -0.354 e. The molecule has 3 aromatic rings. The highest BCUT2D eigenvalue weighted by Crippen LogP contribution is 2.33. The number of fused-ring (bicyclic) bond motifs is 3. The molecule has 140 valence electrons. The van der Waals surface area contributed by atoms with E-state index in [2.05, 4.69) is 29.4 Å².